The van der Waals surface area contributed by atoms with Crippen LogP contribution in [0.2, 0.25) is 0 Å². The second-order valence-electron chi connectivity index (χ2n) is 4.15. The van der Waals surface area contributed by atoms with Gasteiger partial charge in [0.15, 0.2) is 5.78 Å². The molecule has 0 radical (unpaired) electrons. The second-order valence-corrected chi connectivity index (χ2v) is 4.15. The van der Waals surface area contributed by atoms with Crippen molar-refractivity contribution in [2.75, 3.05) is 25.1 Å². The summed E-state index contributed by atoms with van der Waals surface area (Å²) in [4.78, 5) is 28.7. The molecule has 1 aromatic heterocycles. The van der Waals surface area contributed by atoms with E-state index in [0.717, 1.165) is 5.69 Å². The summed E-state index contributed by atoms with van der Waals surface area (Å²) >= 11 is 0. The number of hydrogen-bond acceptors (Lipinski definition) is 5. The molecule has 0 bridgehead atoms. The first kappa shape index (κ1) is 15.1. The summed E-state index contributed by atoms with van der Waals surface area (Å²) < 4.78 is 4.87. The van der Waals surface area contributed by atoms with E-state index in [1.54, 1.807) is 19.2 Å². The Bertz CT molecular complexity index is 429. The first-order valence-electron chi connectivity index (χ1n) is 6.44. The summed E-state index contributed by atoms with van der Waals surface area (Å²) in [5.41, 5.74) is 1.35. The van der Waals surface area contributed by atoms with E-state index in [1.807, 2.05) is 24.9 Å². The zero-order valence-electron chi connectivity index (χ0n) is 11.7. The molecule has 0 saturated heterocycles. The fourth-order valence-electron chi connectivity index (χ4n) is 1.58. The third-order valence-corrected chi connectivity index (χ3v) is 2.75. The van der Waals surface area contributed by atoms with Gasteiger partial charge in [-0.3, -0.25) is 14.6 Å². The maximum atomic E-state index is 11.4. The molecule has 0 atom stereocenters. The summed E-state index contributed by atoms with van der Waals surface area (Å²) in [6.45, 7) is 4.55. The Morgan fingerprint density at radius 2 is 2.05 bits per heavy atom. The molecule has 1 heterocycles. The topological polar surface area (TPSA) is 59.5 Å². The van der Waals surface area contributed by atoms with Crippen LogP contribution in [0.1, 0.15) is 37.2 Å². The number of anilines is 1. The molecule has 1 rings (SSSR count). The van der Waals surface area contributed by atoms with E-state index in [0.29, 0.717) is 31.7 Å². The average molecular weight is 264 g/mol. The predicted octanol–water partition coefficient (Wildman–Crippen LogP) is 2.06. The number of carbonyl (C=O) groups excluding carboxylic acids is 2. The minimum atomic E-state index is -0.208. The first-order chi connectivity index (χ1) is 9.08. The lowest BCUT2D eigenvalue weighted by atomic mass is 10.2. The SMILES string of the molecule is CCOC(=O)CCN(C)c1ccc(C(=O)CC)nc1. The van der Waals surface area contributed by atoms with Gasteiger partial charge in [-0.1, -0.05) is 6.92 Å². The Labute approximate surface area is 113 Å². The molecule has 0 N–H and O–H groups in total. The van der Waals surface area contributed by atoms with Crippen LogP contribution in [0.3, 0.4) is 0 Å². The van der Waals surface area contributed by atoms with Crippen molar-refractivity contribution in [3.05, 3.63) is 24.0 Å². The zero-order valence-corrected chi connectivity index (χ0v) is 11.7. The Hall–Kier alpha value is -1.91. The van der Waals surface area contributed by atoms with Gasteiger partial charge in [-0.05, 0) is 19.1 Å². The van der Waals surface area contributed by atoms with Crippen molar-refractivity contribution in [2.45, 2.75) is 26.7 Å². The van der Waals surface area contributed by atoms with Crippen LogP contribution in [0.5, 0.6) is 0 Å². The number of aromatic nitrogens is 1. The number of nitrogens with zero attached hydrogens (tertiary/aromatic N) is 2. The molecule has 0 aliphatic carbocycles. The van der Waals surface area contributed by atoms with Crippen LogP contribution in [-0.4, -0.2) is 36.9 Å². The van der Waals surface area contributed by atoms with Crippen molar-refractivity contribution in [3.8, 4) is 0 Å². The molecule has 104 valence electrons. The van der Waals surface area contributed by atoms with E-state index in [9.17, 15) is 9.59 Å². The summed E-state index contributed by atoms with van der Waals surface area (Å²) in [7, 11) is 1.87. The number of pyridine rings is 1. The smallest absolute Gasteiger partial charge is 0.307 e. The lowest BCUT2D eigenvalue weighted by Crippen LogP contribution is -2.22. The van der Waals surface area contributed by atoms with Crippen molar-refractivity contribution in [1.82, 2.24) is 4.98 Å². The fraction of sp³-hybridized carbons (Fsp3) is 0.500. The molecule has 19 heavy (non-hydrogen) atoms. The van der Waals surface area contributed by atoms with E-state index < -0.39 is 0 Å². The van der Waals surface area contributed by atoms with Crippen molar-refractivity contribution in [1.29, 1.82) is 0 Å². The van der Waals surface area contributed by atoms with Gasteiger partial charge < -0.3 is 9.64 Å². The molecular formula is C14H20N2O3. The Balaban J connectivity index is 2.55. The number of rotatable bonds is 7. The van der Waals surface area contributed by atoms with Gasteiger partial charge in [-0.15, -0.1) is 0 Å². The van der Waals surface area contributed by atoms with E-state index in [1.165, 1.54) is 0 Å². The Kier molecular flexibility index (Phi) is 5.99. The van der Waals surface area contributed by atoms with Gasteiger partial charge in [-0.2, -0.15) is 0 Å². The Morgan fingerprint density at radius 3 is 2.58 bits per heavy atom. The van der Waals surface area contributed by atoms with Crippen molar-refractivity contribution < 1.29 is 14.3 Å². The van der Waals surface area contributed by atoms with Gasteiger partial charge in [0.1, 0.15) is 5.69 Å². The molecular weight excluding hydrogens is 244 g/mol. The van der Waals surface area contributed by atoms with Crippen molar-refractivity contribution in [2.24, 2.45) is 0 Å². The highest BCUT2D eigenvalue weighted by Gasteiger charge is 2.08. The molecule has 0 fully saturated rings. The largest absolute Gasteiger partial charge is 0.466 e. The highest BCUT2D eigenvalue weighted by atomic mass is 16.5. The predicted molar refractivity (Wildman–Crippen MR) is 73.4 cm³/mol. The minimum Gasteiger partial charge on any atom is -0.466 e. The van der Waals surface area contributed by atoms with E-state index in [4.69, 9.17) is 4.74 Å². The summed E-state index contributed by atoms with van der Waals surface area (Å²) in [5.74, 6) is -0.180. The van der Waals surface area contributed by atoms with E-state index >= 15 is 0 Å². The van der Waals surface area contributed by atoms with Crippen LogP contribution in [0.4, 0.5) is 5.69 Å². The van der Waals surface area contributed by atoms with E-state index in [-0.39, 0.29) is 11.8 Å². The van der Waals surface area contributed by atoms with Crippen molar-refractivity contribution in [3.63, 3.8) is 0 Å². The first-order valence-corrected chi connectivity index (χ1v) is 6.44. The number of ketones is 1. The van der Waals surface area contributed by atoms with E-state index in [2.05, 4.69) is 4.98 Å². The van der Waals surface area contributed by atoms with Crippen LogP contribution in [0.25, 0.3) is 0 Å². The fourth-order valence-corrected chi connectivity index (χ4v) is 1.58. The number of ether oxygens (including phenoxy) is 1. The molecule has 0 amide bonds. The highest BCUT2D eigenvalue weighted by Crippen LogP contribution is 2.12. The third-order valence-electron chi connectivity index (χ3n) is 2.75. The van der Waals surface area contributed by atoms with Crippen LogP contribution >= 0.6 is 0 Å². The standard InChI is InChI=1S/C14H20N2O3/c1-4-13(17)12-7-6-11(10-15-12)16(3)9-8-14(18)19-5-2/h6-7,10H,4-5,8-9H2,1-3H3. The zero-order chi connectivity index (χ0) is 14.3. The average Bonchev–Trinajstić information content (AvgIpc) is 2.44. The van der Waals surface area contributed by atoms with Crippen LogP contribution in [0.15, 0.2) is 18.3 Å². The van der Waals surface area contributed by atoms with Crippen LogP contribution in [-0.2, 0) is 9.53 Å². The normalized spacial score (nSPS) is 10.1. The summed E-state index contributed by atoms with van der Waals surface area (Å²) in [5, 5.41) is 0. The van der Waals surface area contributed by atoms with Gasteiger partial charge in [0, 0.05) is 20.0 Å². The quantitative estimate of drug-likeness (QED) is 0.557. The van der Waals surface area contributed by atoms with Crippen LogP contribution in [0, 0.1) is 0 Å². The summed E-state index contributed by atoms with van der Waals surface area (Å²) in [6.07, 6.45) is 2.43. The molecule has 5 heteroatoms. The highest BCUT2D eigenvalue weighted by molar-refractivity contribution is 5.94. The van der Waals surface area contributed by atoms with Crippen molar-refractivity contribution >= 4 is 17.4 Å². The van der Waals surface area contributed by atoms with Gasteiger partial charge in [0.2, 0.25) is 0 Å². The molecule has 0 aliphatic rings. The number of hydrogen-bond donors (Lipinski definition) is 0. The second kappa shape index (κ2) is 7.51. The molecule has 1 aromatic rings. The molecule has 5 nitrogen and oxygen atoms in total. The van der Waals surface area contributed by atoms with Gasteiger partial charge in [0.05, 0.1) is 24.9 Å². The summed E-state index contributed by atoms with van der Waals surface area (Å²) in [6, 6.07) is 3.54. The maximum Gasteiger partial charge on any atom is 0.307 e. The molecule has 0 spiro atoms. The van der Waals surface area contributed by atoms with Crippen LogP contribution < -0.4 is 4.90 Å². The molecule has 0 aliphatic heterocycles. The molecule has 0 saturated carbocycles. The third kappa shape index (κ3) is 4.69. The minimum absolute atomic E-state index is 0.0285. The lowest BCUT2D eigenvalue weighted by Gasteiger charge is -2.18. The number of carbonyl (C=O) groups is 2. The Morgan fingerprint density at radius 1 is 1.32 bits per heavy atom. The van der Waals surface area contributed by atoms with Gasteiger partial charge in [-0.25, -0.2) is 0 Å². The number of Topliss-reactive ketones (excluding diaryl/α,β-unsaturated/α-hetero) is 1. The van der Waals surface area contributed by atoms with Gasteiger partial charge >= 0.3 is 5.97 Å². The number of esters is 1. The maximum absolute atomic E-state index is 11.4. The monoisotopic (exact) mass is 264 g/mol. The molecule has 0 aromatic carbocycles. The molecule has 0 unspecified atom stereocenters. The van der Waals surface area contributed by atoms with Gasteiger partial charge in [0.25, 0.3) is 0 Å². The lowest BCUT2D eigenvalue weighted by molar-refractivity contribution is -0.142.